The minimum absolute atomic E-state index is 0.0495. The number of benzene rings is 1. The standard InChI is InChI=1S/C18H21FN4O3/c1-11(2)15-20-14(21-23(15)13-7-5-4-6-12(13)19)16(24)22-9-8-18(3,10-22)17(25)26/h4-7,11H,8-10H2,1-3H3,(H,25,26). The first-order valence-corrected chi connectivity index (χ1v) is 8.47. The molecule has 1 saturated heterocycles. The van der Waals surface area contributed by atoms with E-state index in [1.165, 1.54) is 15.6 Å². The van der Waals surface area contributed by atoms with Crippen molar-refractivity contribution in [2.75, 3.05) is 13.1 Å². The summed E-state index contributed by atoms with van der Waals surface area (Å²) in [6.45, 7) is 5.81. The molecule has 0 radical (unpaired) electrons. The van der Waals surface area contributed by atoms with Crippen LogP contribution >= 0.6 is 0 Å². The van der Waals surface area contributed by atoms with E-state index in [1.807, 2.05) is 13.8 Å². The van der Waals surface area contributed by atoms with Gasteiger partial charge in [-0.1, -0.05) is 26.0 Å². The largest absolute Gasteiger partial charge is 0.481 e. The molecule has 8 heteroatoms. The highest BCUT2D eigenvalue weighted by molar-refractivity contribution is 5.91. The molecule has 1 N–H and O–H groups in total. The van der Waals surface area contributed by atoms with Crippen LogP contribution in [0.3, 0.4) is 0 Å². The number of para-hydroxylation sites is 1. The Morgan fingerprint density at radius 3 is 2.58 bits per heavy atom. The molecule has 2 heterocycles. The van der Waals surface area contributed by atoms with Gasteiger partial charge in [-0.15, -0.1) is 5.10 Å². The second kappa shape index (κ2) is 6.51. The smallest absolute Gasteiger partial charge is 0.311 e. The number of aliphatic carboxylic acids is 1. The first-order chi connectivity index (χ1) is 12.2. The number of amides is 1. The lowest BCUT2D eigenvalue weighted by molar-refractivity contribution is -0.147. The van der Waals surface area contributed by atoms with E-state index in [9.17, 15) is 19.1 Å². The number of nitrogens with zero attached hydrogens (tertiary/aromatic N) is 4. The first-order valence-electron chi connectivity index (χ1n) is 8.47. The summed E-state index contributed by atoms with van der Waals surface area (Å²) in [5.41, 5.74) is -0.746. The van der Waals surface area contributed by atoms with E-state index in [2.05, 4.69) is 10.1 Å². The molecular weight excluding hydrogens is 339 g/mol. The highest BCUT2D eigenvalue weighted by Gasteiger charge is 2.43. The molecule has 0 saturated carbocycles. The van der Waals surface area contributed by atoms with E-state index in [0.29, 0.717) is 18.8 Å². The third-order valence-electron chi connectivity index (χ3n) is 4.70. The maximum atomic E-state index is 14.2. The van der Waals surface area contributed by atoms with Crippen molar-refractivity contribution in [2.24, 2.45) is 5.41 Å². The summed E-state index contributed by atoms with van der Waals surface area (Å²) in [7, 11) is 0. The molecule has 1 fully saturated rings. The Kier molecular flexibility index (Phi) is 4.52. The molecule has 0 spiro atoms. The average molecular weight is 360 g/mol. The van der Waals surface area contributed by atoms with E-state index in [-0.39, 0.29) is 24.0 Å². The summed E-state index contributed by atoms with van der Waals surface area (Å²) >= 11 is 0. The van der Waals surface area contributed by atoms with Gasteiger partial charge in [0.1, 0.15) is 17.3 Å². The fourth-order valence-corrected chi connectivity index (χ4v) is 3.04. The van der Waals surface area contributed by atoms with Gasteiger partial charge in [0.05, 0.1) is 5.41 Å². The van der Waals surface area contributed by atoms with Crippen LogP contribution in [0.1, 0.15) is 49.6 Å². The molecule has 3 rings (SSSR count). The Balaban J connectivity index is 1.95. The van der Waals surface area contributed by atoms with E-state index < -0.39 is 23.1 Å². The Hall–Kier alpha value is -2.77. The van der Waals surface area contributed by atoms with E-state index in [1.54, 1.807) is 25.1 Å². The molecular formula is C18H21FN4O3. The molecule has 1 unspecified atom stereocenters. The molecule has 2 aromatic rings. The zero-order valence-corrected chi connectivity index (χ0v) is 14.9. The predicted octanol–water partition coefficient (Wildman–Crippen LogP) is 2.47. The zero-order chi connectivity index (χ0) is 19.1. The third-order valence-corrected chi connectivity index (χ3v) is 4.70. The number of carbonyl (C=O) groups is 2. The van der Waals surface area contributed by atoms with Gasteiger partial charge in [0.25, 0.3) is 5.91 Å². The SMILES string of the molecule is CC(C)c1nc(C(=O)N2CCC(C)(C(=O)O)C2)nn1-c1ccccc1F. The van der Waals surface area contributed by atoms with Crippen molar-refractivity contribution in [3.63, 3.8) is 0 Å². The topological polar surface area (TPSA) is 88.3 Å². The molecule has 0 aliphatic carbocycles. The van der Waals surface area contributed by atoms with Crippen LogP contribution in [-0.4, -0.2) is 49.7 Å². The molecule has 1 aliphatic rings. The predicted molar refractivity (Wildman–Crippen MR) is 91.7 cm³/mol. The molecule has 7 nitrogen and oxygen atoms in total. The van der Waals surface area contributed by atoms with Crippen molar-refractivity contribution in [3.8, 4) is 5.69 Å². The van der Waals surface area contributed by atoms with Crippen LogP contribution in [0.2, 0.25) is 0 Å². The third kappa shape index (κ3) is 3.07. The summed E-state index contributed by atoms with van der Waals surface area (Å²) in [4.78, 5) is 29.9. The molecule has 1 aromatic carbocycles. The fraction of sp³-hybridized carbons (Fsp3) is 0.444. The number of hydrogen-bond donors (Lipinski definition) is 1. The van der Waals surface area contributed by atoms with Crippen LogP contribution in [0, 0.1) is 11.2 Å². The number of likely N-dealkylation sites (tertiary alicyclic amines) is 1. The normalized spacial score (nSPS) is 20.0. The van der Waals surface area contributed by atoms with Crippen LogP contribution in [0.5, 0.6) is 0 Å². The second-order valence-corrected chi connectivity index (χ2v) is 7.15. The molecule has 1 aromatic heterocycles. The Bertz CT molecular complexity index is 864. The summed E-state index contributed by atoms with van der Waals surface area (Å²) in [6.07, 6.45) is 0.374. The Morgan fingerprint density at radius 2 is 2.00 bits per heavy atom. The number of halogens is 1. The highest BCUT2D eigenvalue weighted by atomic mass is 19.1. The Labute approximate surface area is 150 Å². The maximum Gasteiger partial charge on any atom is 0.311 e. The summed E-state index contributed by atoms with van der Waals surface area (Å²) in [5.74, 6) is -1.48. The van der Waals surface area contributed by atoms with Crippen LogP contribution in [-0.2, 0) is 4.79 Å². The number of hydrogen-bond acceptors (Lipinski definition) is 4. The van der Waals surface area contributed by atoms with Gasteiger partial charge < -0.3 is 10.0 Å². The molecule has 1 amide bonds. The van der Waals surface area contributed by atoms with Gasteiger partial charge in [0, 0.05) is 19.0 Å². The molecule has 26 heavy (non-hydrogen) atoms. The van der Waals surface area contributed by atoms with Crippen molar-refractivity contribution in [1.29, 1.82) is 0 Å². The van der Waals surface area contributed by atoms with E-state index >= 15 is 0 Å². The minimum Gasteiger partial charge on any atom is -0.481 e. The summed E-state index contributed by atoms with van der Waals surface area (Å²) < 4.78 is 15.5. The molecule has 1 atom stereocenters. The van der Waals surface area contributed by atoms with E-state index in [0.717, 1.165) is 0 Å². The molecule has 1 aliphatic heterocycles. The monoisotopic (exact) mass is 360 g/mol. The van der Waals surface area contributed by atoms with E-state index in [4.69, 9.17) is 0 Å². The second-order valence-electron chi connectivity index (χ2n) is 7.15. The van der Waals surface area contributed by atoms with Crippen molar-refractivity contribution < 1.29 is 19.1 Å². The minimum atomic E-state index is -0.968. The van der Waals surface area contributed by atoms with Gasteiger partial charge in [-0.05, 0) is 25.5 Å². The van der Waals surface area contributed by atoms with Gasteiger partial charge >= 0.3 is 5.97 Å². The number of rotatable bonds is 4. The lowest BCUT2D eigenvalue weighted by Crippen LogP contribution is -2.35. The van der Waals surface area contributed by atoms with Crippen molar-refractivity contribution in [3.05, 3.63) is 41.7 Å². The lowest BCUT2D eigenvalue weighted by atomic mass is 9.90. The molecule has 0 bridgehead atoms. The zero-order valence-electron chi connectivity index (χ0n) is 14.9. The average Bonchev–Trinajstić information content (AvgIpc) is 3.20. The summed E-state index contributed by atoms with van der Waals surface area (Å²) in [6, 6.07) is 6.15. The number of aromatic nitrogens is 3. The van der Waals surface area contributed by atoms with Gasteiger partial charge in [-0.3, -0.25) is 9.59 Å². The first kappa shape index (κ1) is 18.0. The lowest BCUT2D eigenvalue weighted by Gasteiger charge is -2.19. The van der Waals surface area contributed by atoms with Crippen LogP contribution in [0.15, 0.2) is 24.3 Å². The number of carboxylic acid groups (broad SMARTS) is 1. The summed E-state index contributed by atoms with van der Waals surface area (Å²) in [5, 5.41) is 13.6. The van der Waals surface area contributed by atoms with Crippen molar-refractivity contribution in [1.82, 2.24) is 19.7 Å². The van der Waals surface area contributed by atoms with Gasteiger partial charge in [0.2, 0.25) is 5.82 Å². The number of carboxylic acids is 1. The van der Waals surface area contributed by atoms with Gasteiger partial charge in [-0.2, -0.15) is 0 Å². The fourth-order valence-electron chi connectivity index (χ4n) is 3.04. The Morgan fingerprint density at radius 1 is 1.31 bits per heavy atom. The number of carbonyl (C=O) groups excluding carboxylic acids is 1. The van der Waals surface area contributed by atoms with Crippen molar-refractivity contribution in [2.45, 2.75) is 33.1 Å². The van der Waals surface area contributed by atoms with Crippen molar-refractivity contribution >= 4 is 11.9 Å². The van der Waals surface area contributed by atoms with Crippen LogP contribution < -0.4 is 0 Å². The molecule has 138 valence electrons. The van der Waals surface area contributed by atoms with Crippen LogP contribution in [0.4, 0.5) is 4.39 Å². The van der Waals surface area contributed by atoms with Crippen LogP contribution in [0.25, 0.3) is 5.69 Å². The maximum absolute atomic E-state index is 14.2. The van der Waals surface area contributed by atoms with Gasteiger partial charge in [-0.25, -0.2) is 14.1 Å². The van der Waals surface area contributed by atoms with Gasteiger partial charge in [0.15, 0.2) is 0 Å². The highest BCUT2D eigenvalue weighted by Crippen LogP contribution is 2.31. The quantitative estimate of drug-likeness (QED) is 0.905.